The fraction of sp³-hybridized carbons (Fsp3) is 0.478. The zero-order chi connectivity index (χ0) is 19.4. The highest BCUT2D eigenvalue weighted by Crippen LogP contribution is 2.61. The topological polar surface area (TPSA) is 40.2 Å². The first-order valence-corrected chi connectivity index (χ1v) is 11.9. The predicted octanol–water partition coefficient (Wildman–Crippen LogP) is 5.13. The monoisotopic (exact) mass is 402 g/mol. The molecule has 28 heavy (non-hydrogen) atoms. The van der Waals surface area contributed by atoms with E-state index in [0.29, 0.717) is 32.5 Å². The Morgan fingerprint density at radius 3 is 2.50 bits per heavy atom. The second kappa shape index (κ2) is 8.97. The van der Waals surface area contributed by atoms with Gasteiger partial charge in [0.2, 0.25) is 0 Å². The first-order valence-electron chi connectivity index (χ1n) is 10.3. The van der Waals surface area contributed by atoms with E-state index in [1.807, 2.05) is 0 Å². The summed E-state index contributed by atoms with van der Waals surface area (Å²) in [5.41, 5.74) is 5.42. The van der Waals surface area contributed by atoms with Crippen LogP contribution in [0, 0.1) is 0 Å². The molecule has 2 aromatic carbocycles. The number of hydrogen-bond acceptors (Lipinski definition) is 4. The van der Waals surface area contributed by atoms with Gasteiger partial charge in [-0.05, 0) is 48.6 Å². The van der Waals surface area contributed by atoms with Crippen LogP contribution in [0.1, 0.15) is 31.4 Å². The van der Waals surface area contributed by atoms with Gasteiger partial charge in [-0.3, -0.25) is 8.37 Å². The van der Waals surface area contributed by atoms with Crippen molar-refractivity contribution in [2.24, 2.45) is 0 Å². The second-order valence-corrected chi connectivity index (χ2v) is 9.68. The zero-order valence-electron chi connectivity index (χ0n) is 16.8. The summed E-state index contributed by atoms with van der Waals surface area (Å²) in [6.45, 7) is 7.64. The summed E-state index contributed by atoms with van der Waals surface area (Å²) in [6, 6.07) is 15.3. The average Bonchev–Trinajstić information content (AvgIpc) is 3.46. The molecule has 1 unspecified atom stereocenters. The van der Waals surface area contributed by atoms with E-state index in [0.717, 1.165) is 25.2 Å². The van der Waals surface area contributed by atoms with Crippen molar-refractivity contribution in [1.82, 2.24) is 0 Å². The van der Waals surface area contributed by atoms with E-state index in [2.05, 4.69) is 56.3 Å². The molecule has 2 aliphatic rings. The highest BCUT2D eigenvalue weighted by molar-refractivity contribution is 8.26. The lowest BCUT2D eigenvalue weighted by Gasteiger charge is -2.44. The normalized spacial score (nSPS) is 18.0. The summed E-state index contributed by atoms with van der Waals surface area (Å²) in [5, 5.41) is 0. The van der Waals surface area contributed by atoms with Crippen LogP contribution >= 0.6 is 10.6 Å². The van der Waals surface area contributed by atoms with Gasteiger partial charge in [-0.1, -0.05) is 36.4 Å². The molecule has 152 valence electrons. The van der Waals surface area contributed by atoms with E-state index in [1.54, 1.807) is 0 Å². The van der Waals surface area contributed by atoms with Crippen LogP contribution in [-0.4, -0.2) is 44.9 Å². The van der Waals surface area contributed by atoms with E-state index < -0.39 is 10.6 Å². The third kappa shape index (κ3) is 4.14. The molecule has 1 saturated heterocycles. The fourth-order valence-corrected chi connectivity index (χ4v) is 6.80. The van der Waals surface area contributed by atoms with Gasteiger partial charge in [-0.25, -0.2) is 0 Å². The molecule has 5 heteroatoms. The Hall–Kier alpha value is -1.37. The van der Waals surface area contributed by atoms with Gasteiger partial charge < -0.3 is 9.47 Å². The van der Waals surface area contributed by atoms with E-state index in [-0.39, 0.29) is 0 Å². The van der Waals surface area contributed by atoms with Crippen LogP contribution in [0.3, 0.4) is 0 Å². The summed E-state index contributed by atoms with van der Waals surface area (Å²) in [4.78, 5) is 1.25. The minimum atomic E-state index is -1.81. The molecule has 4 nitrogen and oxygen atoms in total. The summed E-state index contributed by atoms with van der Waals surface area (Å²) in [7, 11) is -1.81. The molecule has 4 rings (SSSR count). The maximum Gasteiger partial charge on any atom is 0.104 e. The standard InChI is InChI=1S/C23H30O4S/c1-3-26-28(27-4-2,14-8-13-24-16-19-17-25-19)23-12-7-11-21-20-10-6-5-9-18(20)15-22(21)23/h5-7,9-12,19H,3-4,8,13-17H2,1-2H3. The van der Waals surface area contributed by atoms with Gasteiger partial charge in [0.15, 0.2) is 0 Å². The van der Waals surface area contributed by atoms with Gasteiger partial charge in [0.05, 0.1) is 31.3 Å². The minimum Gasteiger partial charge on any atom is -0.379 e. The van der Waals surface area contributed by atoms with Crippen molar-refractivity contribution in [3.05, 3.63) is 53.6 Å². The van der Waals surface area contributed by atoms with E-state index >= 15 is 0 Å². The van der Waals surface area contributed by atoms with E-state index in [1.165, 1.54) is 27.1 Å². The fourth-order valence-electron chi connectivity index (χ4n) is 3.92. The Bertz CT molecular complexity index is 797. The van der Waals surface area contributed by atoms with Crippen molar-refractivity contribution in [2.45, 2.75) is 37.7 Å². The Labute approximate surface area is 169 Å². The van der Waals surface area contributed by atoms with Crippen molar-refractivity contribution >= 4 is 10.6 Å². The molecule has 0 N–H and O–H groups in total. The molecule has 2 aromatic rings. The third-order valence-corrected chi connectivity index (χ3v) is 8.28. The van der Waals surface area contributed by atoms with Crippen molar-refractivity contribution in [2.75, 3.05) is 38.8 Å². The van der Waals surface area contributed by atoms with E-state index in [4.69, 9.17) is 17.8 Å². The summed E-state index contributed by atoms with van der Waals surface area (Å²) < 4.78 is 23.8. The van der Waals surface area contributed by atoms with Crippen molar-refractivity contribution in [1.29, 1.82) is 0 Å². The number of rotatable bonds is 11. The Morgan fingerprint density at radius 1 is 1.00 bits per heavy atom. The average molecular weight is 403 g/mol. The van der Waals surface area contributed by atoms with Crippen LogP contribution < -0.4 is 0 Å². The lowest BCUT2D eigenvalue weighted by molar-refractivity contribution is 0.116. The van der Waals surface area contributed by atoms with Crippen molar-refractivity contribution < 1.29 is 17.8 Å². The molecule has 1 aliphatic carbocycles. The SMILES string of the molecule is CCOS(CCCOCC1CO1)(OCC)c1cccc2c1Cc1ccccc1-2. The first kappa shape index (κ1) is 19.9. The smallest absolute Gasteiger partial charge is 0.104 e. The first-order chi connectivity index (χ1) is 13.8. The van der Waals surface area contributed by atoms with Gasteiger partial charge >= 0.3 is 0 Å². The molecule has 0 radical (unpaired) electrons. The molecule has 1 fully saturated rings. The van der Waals surface area contributed by atoms with Crippen LogP contribution in [0.4, 0.5) is 0 Å². The zero-order valence-corrected chi connectivity index (χ0v) is 17.6. The Balaban J connectivity index is 1.59. The van der Waals surface area contributed by atoms with E-state index in [9.17, 15) is 0 Å². The summed E-state index contributed by atoms with van der Waals surface area (Å²) >= 11 is 0. The highest BCUT2D eigenvalue weighted by Gasteiger charge is 2.31. The molecule has 1 heterocycles. The molecule has 0 spiro atoms. The summed E-state index contributed by atoms with van der Waals surface area (Å²) in [5.74, 6) is 0.854. The van der Waals surface area contributed by atoms with Gasteiger partial charge in [-0.15, -0.1) is 0 Å². The van der Waals surface area contributed by atoms with Crippen molar-refractivity contribution in [3.8, 4) is 11.1 Å². The number of epoxide rings is 1. The summed E-state index contributed by atoms with van der Waals surface area (Å²) in [6.07, 6.45) is 2.18. The molecular formula is C23H30O4S. The van der Waals surface area contributed by atoms with Crippen LogP contribution in [0.2, 0.25) is 0 Å². The Morgan fingerprint density at radius 2 is 1.75 bits per heavy atom. The molecule has 1 atom stereocenters. The minimum absolute atomic E-state index is 0.312. The molecule has 0 bridgehead atoms. The maximum absolute atomic E-state index is 6.40. The van der Waals surface area contributed by atoms with Gasteiger partial charge in [-0.2, -0.15) is 10.6 Å². The molecule has 0 aromatic heterocycles. The molecular weight excluding hydrogens is 372 g/mol. The molecule has 0 saturated carbocycles. The molecule has 1 aliphatic heterocycles. The largest absolute Gasteiger partial charge is 0.379 e. The van der Waals surface area contributed by atoms with Crippen LogP contribution in [-0.2, 0) is 24.3 Å². The number of benzene rings is 2. The lowest BCUT2D eigenvalue weighted by Crippen LogP contribution is -2.17. The number of fused-ring (bicyclic) bond motifs is 3. The van der Waals surface area contributed by atoms with Gasteiger partial charge in [0.1, 0.15) is 6.10 Å². The maximum atomic E-state index is 6.40. The highest BCUT2D eigenvalue weighted by atomic mass is 32.3. The van der Waals surface area contributed by atoms with Gasteiger partial charge in [0, 0.05) is 18.8 Å². The molecule has 0 amide bonds. The lowest BCUT2D eigenvalue weighted by atomic mass is 10.1. The van der Waals surface area contributed by atoms with Crippen LogP contribution in [0.25, 0.3) is 11.1 Å². The van der Waals surface area contributed by atoms with Gasteiger partial charge in [0.25, 0.3) is 0 Å². The second-order valence-electron chi connectivity index (χ2n) is 7.13. The number of ether oxygens (including phenoxy) is 2. The van der Waals surface area contributed by atoms with Crippen LogP contribution in [0.5, 0.6) is 0 Å². The van der Waals surface area contributed by atoms with Crippen LogP contribution in [0.15, 0.2) is 47.4 Å². The van der Waals surface area contributed by atoms with Crippen molar-refractivity contribution in [3.63, 3.8) is 0 Å². The quantitative estimate of drug-likeness (QED) is 0.329. The Kier molecular flexibility index (Phi) is 6.38. The third-order valence-electron chi connectivity index (χ3n) is 5.17. The number of hydrogen-bond donors (Lipinski definition) is 0. The predicted molar refractivity (Wildman–Crippen MR) is 114 cm³/mol.